The molecule has 0 spiro atoms. The third kappa shape index (κ3) is 1.07. The first-order valence-corrected chi connectivity index (χ1v) is 4.50. The van der Waals surface area contributed by atoms with E-state index in [1.807, 2.05) is 0 Å². The van der Waals surface area contributed by atoms with E-state index in [1.54, 1.807) is 0 Å². The molecule has 0 aromatic heterocycles. The zero-order valence-electron chi connectivity index (χ0n) is 7.72. The van der Waals surface area contributed by atoms with Gasteiger partial charge in [0.1, 0.15) is 12.6 Å². The molecule has 2 atom stereocenters. The first-order valence-electron chi connectivity index (χ1n) is 4.50. The van der Waals surface area contributed by atoms with Crippen molar-refractivity contribution in [2.45, 2.75) is 46.2 Å². The van der Waals surface area contributed by atoms with Gasteiger partial charge in [0.2, 0.25) is 0 Å². The van der Waals surface area contributed by atoms with Crippen molar-refractivity contribution < 1.29 is 4.48 Å². The molecular weight excluding hydrogens is 122 g/mol. The molecule has 0 amide bonds. The minimum atomic E-state index is 0.843. The van der Waals surface area contributed by atoms with Crippen molar-refractivity contribution in [1.82, 2.24) is 0 Å². The van der Waals surface area contributed by atoms with Gasteiger partial charge in [-0.25, -0.2) is 0 Å². The van der Waals surface area contributed by atoms with Crippen molar-refractivity contribution in [3.8, 4) is 0 Å². The topological polar surface area (TPSA) is 0 Å². The summed E-state index contributed by atoms with van der Waals surface area (Å²) >= 11 is 0. The lowest BCUT2D eigenvalue weighted by molar-refractivity contribution is -0.835. The Morgan fingerprint density at radius 1 is 1.50 bits per heavy atom. The third-order valence-electron chi connectivity index (χ3n) is 3.02. The average molecular weight is 142 g/mol. The predicted molar refractivity (Wildman–Crippen MR) is 44.9 cm³/mol. The van der Waals surface area contributed by atoms with Crippen molar-refractivity contribution in [2.75, 3.05) is 13.1 Å². The van der Waals surface area contributed by atoms with E-state index in [4.69, 9.17) is 0 Å². The summed E-state index contributed by atoms with van der Waals surface area (Å²) in [5, 5.41) is 0. The second kappa shape index (κ2) is 2.54. The molecular formula is C9H20N+. The van der Waals surface area contributed by atoms with E-state index in [1.165, 1.54) is 24.0 Å². The quantitative estimate of drug-likeness (QED) is 0.418. The molecule has 10 heavy (non-hydrogen) atoms. The summed E-state index contributed by atoms with van der Waals surface area (Å²) in [5.41, 5.74) is 0. The number of rotatable bonds is 3. The van der Waals surface area contributed by atoms with Gasteiger partial charge in [-0.05, 0) is 27.2 Å². The van der Waals surface area contributed by atoms with Gasteiger partial charge in [-0.3, -0.25) is 0 Å². The van der Waals surface area contributed by atoms with Crippen molar-refractivity contribution in [2.24, 2.45) is 0 Å². The van der Waals surface area contributed by atoms with Crippen LogP contribution in [0.5, 0.6) is 0 Å². The molecule has 0 aromatic rings. The molecule has 1 heteroatoms. The monoisotopic (exact) mass is 142 g/mol. The number of quaternary nitrogens is 1. The number of nitrogens with zero attached hydrogens (tertiary/aromatic N) is 1. The molecule has 0 aromatic carbocycles. The lowest BCUT2D eigenvalue weighted by Crippen LogP contribution is -2.36. The van der Waals surface area contributed by atoms with Crippen LogP contribution in [0.25, 0.3) is 0 Å². The van der Waals surface area contributed by atoms with E-state index in [9.17, 15) is 0 Å². The number of hydrogen-bond donors (Lipinski definition) is 0. The molecule has 0 radical (unpaired) electrons. The second-order valence-corrected chi connectivity index (χ2v) is 3.95. The second-order valence-electron chi connectivity index (χ2n) is 3.95. The van der Waals surface area contributed by atoms with Crippen LogP contribution in [-0.4, -0.2) is 29.7 Å². The van der Waals surface area contributed by atoms with E-state index in [2.05, 4.69) is 27.7 Å². The molecule has 1 saturated heterocycles. The fourth-order valence-electron chi connectivity index (χ4n) is 2.15. The molecule has 0 N–H and O–H groups in total. The fourth-order valence-corrected chi connectivity index (χ4v) is 2.15. The largest absolute Gasteiger partial charge is 0.310 e. The molecule has 1 aliphatic heterocycles. The minimum Gasteiger partial charge on any atom is -0.310 e. The van der Waals surface area contributed by atoms with Crippen molar-refractivity contribution >= 4 is 0 Å². The highest BCUT2D eigenvalue weighted by Crippen LogP contribution is 2.34. The first-order chi connectivity index (χ1) is 4.63. The summed E-state index contributed by atoms with van der Waals surface area (Å²) in [6.07, 6.45) is 1.34. The Hall–Kier alpha value is -0.0400. The molecule has 0 bridgehead atoms. The molecule has 2 unspecified atom stereocenters. The zero-order chi connectivity index (χ0) is 7.78. The molecule has 1 fully saturated rings. The van der Waals surface area contributed by atoms with E-state index >= 15 is 0 Å². The Balaban J connectivity index is 2.46. The van der Waals surface area contributed by atoms with Gasteiger partial charge in [0.25, 0.3) is 0 Å². The Kier molecular flexibility index (Phi) is 2.04. The highest BCUT2D eigenvalue weighted by Gasteiger charge is 2.52. The van der Waals surface area contributed by atoms with Crippen LogP contribution in [0.2, 0.25) is 0 Å². The molecule has 1 aliphatic rings. The van der Waals surface area contributed by atoms with Crippen molar-refractivity contribution in [1.29, 1.82) is 0 Å². The predicted octanol–water partition coefficient (Wildman–Crippen LogP) is 2.02. The maximum Gasteiger partial charge on any atom is 0.136 e. The smallest absolute Gasteiger partial charge is 0.136 e. The molecule has 60 valence electrons. The van der Waals surface area contributed by atoms with Crippen LogP contribution in [0.15, 0.2) is 0 Å². The van der Waals surface area contributed by atoms with Crippen molar-refractivity contribution in [3.05, 3.63) is 0 Å². The third-order valence-corrected chi connectivity index (χ3v) is 3.02. The van der Waals surface area contributed by atoms with E-state index in [0.29, 0.717) is 0 Å². The first kappa shape index (κ1) is 8.06. The number of hydrogen-bond acceptors (Lipinski definition) is 0. The summed E-state index contributed by atoms with van der Waals surface area (Å²) in [7, 11) is 0. The molecule has 1 rings (SSSR count). The van der Waals surface area contributed by atoms with Gasteiger partial charge in [0.05, 0.1) is 12.6 Å². The van der Waals surface area contributed by atoms with Gasteiger partial charge in [0, 0.05) is 0 Å². The van der Waals surface area contributed by atoms with Gasteiger partial charge in [0.15, 0.2) is 0 Å². The zero-order valence-corrected chi connectivity index (χ0v) is 7.72. The summed E-state index contributed by atoms with van der Waals surface area (Å²) in [4.78, 5) is 0. The van der Waals surface area contributed by atoms with E-state index in [0.717, 1.165) is 12.1 Å². The normalized spacial score (nSPS) is 38.7. The van der Waals surface area contributed by atoms with Crippen LogP contribution < -0.4 is 0 Å². The molecule has 1 heterocycles. The van der Waals surface area contributed by atoms with Gasteiger partial charge < -0.3 is 4.48 Å². The SMILES string of the molecule is CCC[N+]1(C(C)C)CC1C. The van der Waals surface area contributed by atoms with Crippen LogP contribution in [0.4, 0.5) is 0 Å². The lowest BCUT2D eigenvalue weighted by Gasteiger charge is -2.23. The minimum absolute atomic E-state index is 0.843. The summed E-state index contributed by atoms with van der Waals surface area (Å²) < 4.78 is 1.39. The molecule has 0 aliphatic carbocycles. The van der Waals surface area contributed by atoms with Crippen LogP contribution in [-0.2, 0) is 0 Å². The van der Waals surface area contributed by atoms with Crippen molar-refractivity contribution in [3.63, 3.8) is 0 Å². The lowest BCUT2D eigenvalue weighted by atomic mass is 10.3. The highest BCUT2D eigenvalue weighted by molar-refractivity contribution is 4.71. The van der Waals surface area contributed by atoms with Gasteiger partial charge >= 0.3 is 0 Å². The summed E-state index contributed by atoms with van der Waals surface area (Å²) in [6, 6.07) is 1.79. The van der Waals surface area contributed by atoms with Gasteiger partial charge in [-0.1, -0.05) is 6.92 Å². The van der Waals surface area contributed by atoms with Gasteiger partial charge in [-0.2, -0.15) is 0 Å². The Bertz CT molecular complexity index is 120. The van der Waals surface area contributed by atoms with Crippen LogP contribution >= 0.6 is 0 Å². The Labute approximate surface area is 64.6 Å². The van der Waals surface area contributed by atoms with E-state index in [-0.39, 0.29) is 0 Å². The summed E-state index contributed by atoms with van der Waals surface area (Å²) in [6.45, 7) is 12.2. The highest BCUT2D eigenvalue weighted by atomic mass is 15.5. The van der Waals surface area contributed by atoms with Crippen LogP contribution in [0, 0.1) is 0 Å². The van der Waals surface area contributed by atoms with Crippen LogP contribution in [0.1, 0.15) is 34.1 Å². The maximum atomic E-state index is 2.37. The Morgan fingerprint density at radius 3 is 2.10 bits per heavy atom. The standard InChI is InChI=1S/C9H20N/c1-5-6-10(8(2)3)7-9(10)4/h8-9H,5-7H2,1-4H3/q+1. The Morgan fingerprint density at radius 2 is 2.00 bits per heavy atom. The molecule has 0 saturated carbocycles. The maximum absolute atomic E-state index is 2.37. The molecule has 1 nitrogen and oxygen atoms in total. The van der Waals surface area contributed by atoms with Crippen LogP contribution in [0.3, 0.4) is 0 Å². The van der Waals surface area contributed by atoms with E-state index < -0.39 is 0 Å². The fraction of sp³-hybridized carbons (Fsp3) is 1.00. The van der Waals surface area contributed by atoms with Gasteiger partial charge in [-0.15, -0.1) is 0 Å². The summed E-state index contributed by atoms with van der Waals surface area (Å²) in [5.74, 6) is 0. The average Bonchev–Trinajstić information content (AvgIpc) is 2.44.